The molecule has 0 aromatic heterocycles. The SMILES string of the molecule is CCOCCCN1C(=O)C(C)NC1c1ccc(CC)cc1. The maximum atomic E-state index is 12.3. The molecule has 0 bridgehead atoms. The highest BCUT2D eigenvalue weighted by atomic mass is 16.5. The van der Waals surface area contributed by atoms with E-state index < -0.39 is 0 Å². The summed E-state index contributed by atoms with van der Waals surface area (Å²) in [6.45, 7) is 8.23. The van der Waals surface area contributed by atoms with E-state index in [-0.39, 0.29) is 18.1 Å². The van der Waals surface area contributed by atoms with Gasteiger partial charge in [0.05, 0.1) is 6.04 Å². The van der Waals surface area contributed by atoms with Gasteiger partial charge < -0.3 is 9.64 Å². The number of benzene rings is 1. The standard InChI is InChI=1S/C17H26N2O2/c1-4-14-7-9-15(10-8-14)16-18-13(3)17(20)19(16)11-6-12-21-5-2/h7-10,13,16,18H,4-6,11-12H2,1-3H3. The van der Waals surface area contributed by atoms with Gasteiger partial charge in [-0.05, 0) is 37.8 Å². The molecule has 21 heavy (non-hydrogen) atoms. The van der Waals surface area contributed by atoms with Gasteiger partial charge in [0.25, 0.3) is 0 Å². The molecule has 116 valence electrons. The van der Waals surface area contributed by atoms with Crippen LogP contribution in [0.2, 0.25) is 0 Å². The predicted molar refractivity (Wildman–Crippen MR) is 84.0 cm³/mol. The summed E-state index contributed by atoms with van der Waals surface area (Å²) in [5.41, 5.74) is 2.47. The minimum absolute atomic E-state index is 0.0139. The lowest BCUT2D eigenvalue weighted by Crippen LogP contribution is -2.32. The number of nitrogens with one attached hydrogen (secondary N) is 1. The summed E-state index contributed by atoms with van der Waals surface area (Å²) in [5.74, 6) is 0.177. The summed E-state index contributed by atoms with van der Waals surface area (Å²) >= 11 is 0. The number of ether oxygens (including phenoxy) is 1. The highest BCUT2D eigenvalue weighted by molar-refractivity contribution is 5.84. The van der Waals surface area contributed by atoms with Gasteiger partial charge >= 0.3 is 0 Å². The van der Waals surface area contributed by atoms with Gasteiger partial charge in [-0.1, -0.05) is 31.2 Å². The fraction of sp³-hybridized carbons (Fsp3) is 0.588. The Kier molecular flexibility index (Phi) is 5.76. The van der Waals surface area contributed by atoms with Crippen LogP contribution < -0.4 is 5.32 Å². The van der Waals surface area contributed by atoms with Crippen molar-refractivity contribution in [2.45, 2.75) is 45.8 Å². The summed E-state index contributed by atoms with van der Waals surface area (Å²) in [5, 5.41) is 3.38. The molecule has 4 nitrogen and oxygen atoms in total. The first-order valence-electron chi connectivity index (χ1n) is 7.90. The molecule has 1 amide bonds. The zero-order valence-corrected chi connectivity index (χ0v) is 13.3. The quantitative estimate of drug-likeness (QED) is 0.785. The van der Waals surface area contributed by atoms with Gasteiger partial charge in [-0.15, -0.1) is 0 Å². The Balaban J connectivity index is 2.05. The monoisotopic (exact) mass is 290 g/mol. The van der Waals surface area contributed by atoms with Crippen molar-refractivity contribution in [2.75, 3.05) is 19.8 Å². The molecule has 1 aliphatic heterocycles. The highest BCUT2D eigenvalue weighted by Gasteiger charge is 2.36. The second kappa shape index (κ2) is 7.57. The summed E-state index contributed by atoms with van der Waals surface area (Å²) in [6.07, 6.45) is 1.89. The van der Waals surface area contributed by atoms with Gasteiger partial charge in [0.15, 0.2) is 0 Å². The third kappa shape index (κ3) is 3.83. The molecule has 1 saturated heterocycles. The van der Waals surface area contributed by atoms with Crippen LogP contribution in [-0.2, 0) is 16.0 Å². The Morgan fingerprint density at radius 2 is 1.95 bits per heavy atom. The van der Waals surface area contributed by atoms with Crippen molar-refractivity contribution in [3.8, 4) is 0 Å². The van der Waals surface area contributed by atoms with Gasteiger partial charge in [-0.3, -0.25) is 10.1 Å². The minimum atomic E-state index is -0.118. The molecule has 1 heterocycles. The zero-order chi connectivity index (χ0) is 15.2. The van der Waals surface area contributed by atoms with Crippen LogP contribution in [-0.4, -0.2) is 36.6 Å². The van der Waals surface area contributed by atoms with E-state index in [1.54, 1.807) is 0 Å². The van der Waals surface area contributed by atoms with Gasteiger partial charge in [-0.25, -0.2) is 0 Å². The lowest BCUT2D eigenvalue weighted by Gasteiger charge is -2.24. The molecule has 1 aromatic rings. The molecule has 1 N–H and O–H groups in total. The molecule has 1 aliphatic rings. The Morgan fingerprint density at radius 1 is 1.24 bits per heavy atom. The van der Waals surface area contributed by atoms with Crippen LogP contribution in [0.5, 0.6) is 0 Å². The number of carbonyl (C=O) groups is 1. The van der Waals surface area contributed by atoms with E-state index in [2.05, 4.69) is 36.5 Å². The number of nitrogens with zero attached hydrogens (tertiary/aromatic N) is 1. The molecule has 4 heteroatoms. The van der Waals surface area contributed by atoms with E-state index in [1.165, 1.54) is 5.56 Å². The number of rotatable bonds is 7. The van der Waals surface area contributed by atoms with Gasteiger partial charge in [0.2, 0.25) is 5.91 Å². The fourth-order valence-electron chi connectivity index (χ4n) is 2.71. The maximum Gasteiger partial charge on any atom is 0.241 e. The maximum absolute atomic E-state index is 12.3. The molecule has 2 rings (SSSR count). The van der Waals surface area contributed by atoms with E-state index in [4.69, 9.17) is 4.74 Å². The van der Waals surface area contributed by atoms with Gasteiger partial charge in [0.1, 0.15) is 6.17 Å². The Bertz CT molecular complexity index is 458. The predicted octanol–water partition coefficient (Wildman–Crippen LogP) is 2.49. The topological polar surface area (TPSA) is 41.6 Å². The number of aryl methyl sites for hydroxylation is 1. The molecule has 1 fully saturated rings. The lowest BCUT2D eigenvalue weighted by atomic mass is 10.1. The Morgan fingerprint density at radius 3 is 2.57 bits per heavy atom. The minimum Gasteiger partial charge on any atom is -0.382 e. The molecule has 0 saturated carbocycles. The Labute approximate surface area is 127 Å². The number of carbonyl (C=O) groups excluding carboxylic acids is 1. The van der Waals surface area contributed by atoms with Crippen LogP contribution in [0.3, 0.4) is 0 Å². The third-order valence-electron chi connectivity index (χ3n) is 3.97. The molecular weight excluding hydrogens is 264 g/mol. The van der Waals surface area contributed by atoms with Crippen LogP contribution in [0.15, 0.2) is 24.3 Å². The first kappa shape index (κ1) is 16.0. The second-order valence-corrected chi connectivity index (χ2v) is 5.47. The van der Waals surface area contributed by atoms with Crippen molar-refractivity contribution in [1.29, 1.82) is 0 Å². The smallest absolute Gasteiger partial charge is 0.241 e. The summed E-state index contributed by atoms with van der Waals surface area (Å²) in [6, 6.07) is 8.41. The number of hydrogen-bond donors (Lipinski definition) is 1. The fourth-order valence-corrected chi connectivity index (χ4v) is 2.71. The molecule has 0 radical (unpaired) electrons. The van der Waals surface area contributed by atoms with Crippen molar-refractivity contribution in [3.05, 3.63) is 35.4 Å². The molecule has 2 unspecified atom stereocenters. The van der Waals surface area contributed by atoms with Crippen LogP contribution in [0.1, 0.15) is 44.5 Å². The molecule has 0 aliphatic carbocycles. The Hall–Kier alpha value is -1.39. The lowest BCUT2D eigenvalue weighted by molar-refractivity contribution is -0.130. The normalized spacial score (nSPS) is 22.0. The van der Waals surface area contributed by atoms with E-state index in [1.807, 2.05) is 18.7 Å². The largest absolute Gasteiger partial charge is 0.382 e. The van der Waals surface area contributed by atoms with E-state index in [9.17, 15) is 4.79 Å². The molecule has 1 aromatic carbocycles. The first-order chi connectivity index (χ1) is 10.2. The van der Waals surface area contributed by atoms with Crippen LogP contribution in [0, 0.1) is 0 Å². The summed E-state index contributed by atoms with van der Waals surface area (Å²) in [4.78, 5) is 14.2. The van der Waals surface area contributed by atoms with Crippen LogP contribution >= 0.6 is 0 Å². The molecule has 2 atom stereocenters. The van der Waals surface area contributed by atoms with Crippen molar-refractivity contribution < 1.29 is 9.53 Å². The zero-order valence-electron chi connectivity index (χ0n) is 13.3. The van der Waals surface area contributed by atoms with Crippen molar-refractivity contribution in [3.63, 3.8) is 0 Å². The first-order valence-corrected chi connectivity index (χ1v) is 7.90. The summed E-state index contributed by atoms with van der Waals surface area (Å²) < 4.78 is 5.37. The van der Waals surface area contributed by atoms with Crippen molar-refractivity contribution >= 4 is 5.91 Å². The van der Waals surface area contributed by atoms with Gasteiger partial charge in [0, 0.05) is 19.8 Å². The number of hydrogen-bond acceptors (Lipinski definition) is 3. The van der Waals surface area contributed by atoms with E-state index in [0.717, 1.165) is 31.6 Å². The second-order valence-electron chi connectivity index (χ2n) is 5.47. The van der Waals surface area contributed by atoms with E-state index >= 15 is 0 Å². The summed E-state index contributed by atoms with van der Waals surface area (Å²) in [7, 11) is 0. The van der Waals surface area contributed by atoms with Crippen molar-refractivity contribution in [2.24, 2.45) is 0 Å². The molecular formula is C17H26N2O2. The van der Waals surface area contributed by atoms with E-state index in [0.29, 0.717) is 6.61 Å². The van der Waals surface area contributed by atoms with Gasteiger partial charge in [-0.2, -0.15) is 0 Å². The third-order valence-corrected chi connectivity index (χ3v) is 3.97. The average Bonchev–Trinajstić information content (AvgIpc) is 2.80. The van der Waals surface area contributed by atoms with Crippen molar-refractivity contribution in [1.82, 2.24) is 10.2 Å². The molecule has 0 spiro atoms. The number of amides is 1. The average molecular weight is 290 g/mol. The van der Waals surface area contributed by atoms with Crippen LogP contribution in [0.4, 0.5) is 0 Å². The van der Waals surface area contributed by atoms with Crippen LogP contribution in [0.25, 0.3) is 0 Å². The highest BCUT2D eigenvalue weighted by Crippen LogP contribution is 2.25.